The van der Waals surface area contributed by atoms with Gasteiger partial charge in [-0.05, 0) is 46.5 Å². The first-order valence-electron chi connectivity index (χ1n) is 10.6. The van der Waals surface area contributed by atoms with Gasteiger partial charge in [0.1, 0.15) is 0 Å². The number of hydrogen-bond donors (Lipinski definition) is 1. The molecule has 5 nitrogen and oxygen atoms in total. The molecule has 7 rings (SSSR count). The molecule has 1 saturated heterocycles. The van der Waals surface area contributed by atoms with Gasteiger partial charge in [0.25, 0.3) is 0 Å². The maximum atomic E-state index is 13.8. The molecule has 6 heteroatoms. The van der Waals surface area contributed by atoms with Crippen LogP contribution in [-0.4, -0.2) is 17.7 Å². The smallest absolute Gasteiger partial charge is 0.239 e. The number of nitrogens with one attached hydrogen (secondary N) is 1. The third-order valence-electron chi connectivity index (χ3n) is 6.96. The lowest BCUT2D eigenvalue weighted by atomic mass is 9.55. The monoisotopic (exact) mass is 486 g/mol. The SMILES string of the molecule is CC(=O)Nc1ccc(N2C(=O)[C@@H]3C4c5ccccc5C(Br)(c5ccccc54)[C@@H]3C2=O)cc1. The Morgan fingerprint density at radius 1 is 0.875 bits per heavy atom. The highest BCUT2D eigenvalue weighted by molar-refractivity contribution is 9.09. The summed E-state index contributed by atoms with van der Waals surface area (Å²) >= 11 is 4.00. The summed E-state index contributed by atoms with van der Waals surface area (Å²) in [5.41, 5.74) is 5.48. The molecule has 0 unspecified atom stereocenters. The van der Waals surface area contributed by atoms with Gasteiger partial charge in [0.15, 0.2) is 0 Å². The Hall–Kier alpha value is -3.25. The van der Waals surface area contributed by atoms with Crippen LogP contribution in [0.2, 0.25) is 0 Å². The summed E-state index contributed by atoms with van der Waals surface area (Å²) in [5.74, 6) is -1.71. The molecule has 3 aromatic rings. The third-order valence-corrected chi connectivity index (χ3v) is 8.31. The lowest BCUT2D eigenvalue weighted by Crippen LogP contribution is -2.50. The maximum Gasteiger partial charge on any atom is 0.239 e. The van der Waals surface area contributed by atoms with Gasteiger partial charge in [0.2, 0.25) is 17.7 Å². The molecule has 158 valence electrons. The Morgan fingerprint density at radius 2 is 1.44 bits per heavy atom. The zero-order chi connectivity index (χ0) is 22.2. The van der Waals surface area contributed by atoms with E-state index in [1.807, 2.05) is 24.3 Å². The Bertz CT molecular complexity index is 1270. The van der Waals surface area contributed by atoms with Crippen molar-refractivity contribution in [3.05, 3.63) is 95.1 Å². The zero-order valence-corrected chi connectivity index (χ0v) is 18.8. The van der Waals surface area contributed by atoms with E-state index in [0.717, 1.165) is 22.3 Å². The molecular weight excluding hydrogens is 468 g/mol. The van der Waals surface area contributed by atoms with Gasteiger partial charge in [-0.25, -0.2) is 4.90 Å². The lowest BCUT2D eigenvalue weighted by Gasteiger charge is -2.51. The molecule has 0 aromatic heterocycles. The molecule has 1 aliphatic heterocycles. The number of carbonyl (C=O) groups is 3. The molecule has 1 heterocycles. The molecular formula is C26H19BrN2O3. The second kappa shape index (κ2) is 6.62. The molecule has 3 aromatic carbocycles. The third kappa shape index (κ3) is 2.36. The minimum absolute atomic E-state index is 0.160. The first-order valence-corrected chi connectivity index (χ1v) is 11.4. The summed E-state index contributed by atoms with van der Waals surface area (Å²) in [5, 5.41) is 2.71. The largest absolute Gasteiger partial charge is 0.326 e. The van der Waals surface area contributed by atoms with Crippen LogP contribution in [0.5, 0.6) is 0 Å². The molecule has 0 saturated carbocycles. The normalized spacial score (nSPS) is 27.1. The van der Waals surface area contributed by atoms with E-state index in [2.05, 4.69) is 45.5 Å². The summed E-state index contributed by atoms with van der Waals surface area (Å²) in [7, 11) is 0. The quantitative estimate of drug-likeness (QED) is 0.426. The van der Waals surface area contributed by atoms with E-state index in [9.17, 15) is 14.4 Å². The standard InChI is InChI=1S/C26H19BrN2O3/c1-14(30)28-15-10-12-16(13-11-15)29-24(31)22-21-17-6-2-4-8-19(17)26(27,23(22)25(29)32)20-9-5-3-7-18(20)21/h2-13,21-23H,1H3,(H,28,30)/t21?,22-,23+,26?/m1/s1. The number of halogens is 1. The van der Waals surface area contributed by atoms with Crippen LogP contribution in [0.1, 0.15) is 35.1 Å². The number of carbonyl (C=O) groups excluding carboxylic acids is 3. The zero-order valence-electron chi connectivity index (χ0n) is 17.2. The molecule has 3 aliphatic carbocycles. The molecule has 1 fully saturated rings. The Balaban J connectivity index is 1.50. The number of anilines is 2. The fraction of sp³-hybridized carbons (Fsp3) is 0.192. The predicted octanol–water partition coefficient (Wildman–Crippen LogP) is 4.55. The summed E-state index contributed by atoms with van der Waals surface area (Å²) in [6.45, 7) is 1.44. The van der Waals surface area contributed by atoms with Crippen molar-refractivity contribution in [3.8, 4) is 0 Å². The lowest BCUT2D eigenvalue weighted by molar-refractivity contribution is -0.122. The fourth-order valence-corrected chi connectivity index (χ4v) is 7.03. The van der Waals surface area contributed by atoms with Crippen LogP contribution in [-0.2, 0) is 18.7 Å². The molecule has 2 bridgehead atoms. The number of rotatable bonds is 2. The van der Waals surface area contributed by atoms with Gasteiger partial charge in [-0.2, -0.15) is 0 Å². The van der Waals surface area contributed by atoms with E-state index in [-0.39, 0.29) is 23.6 Å². The van der Waals surface area contributed by atoms with Gasteiger partial charge in [0.05, 0.1) is 21.8 Å². The minimum atomic E-state index is -0.753. The van der Waals surface area contributed by atoms with E-state index < -0.39 is 16.2 Å². The van der Waals surface area contributed by atoms with Crippen molar-refractivity contribution in [2.24, 2.45) is 11.8 Å². The first kappa shape index (κ1) is 19.4. The molecule has 4 aliphatic rings. The Labute approximate surface area is 193 Å². The number of amides is 3. The minimum Gasteiger partial charge on any atom is -0.326 e. The van der Waals surface area contributed by atoms with E-state index in [4.69, 9.17) is 0 Å². The second-order valence-electron chi connectivity index (χ2n) is 8.61. The summed E-state index contributed by atoms with van der Waals surface area (Å²) in [6.07, 6.45) is 0. The molecule has 2 atom stereocenters. The van der Waals surface area contributed by atoms with Crippen LogP contribution in [0.3, 0.4) is 0 Å². The second-order valence-corrected chi connectivity index (χ2v) is 9.86. The van der Waals surface area contributed by atoms with E-state index in [0.29, 0.717) is 11.4 Å². The Kier molecular flexibility index (Phi) is 4.02. The number of nitrogens with zero attached hydrogens (tertiary/aromatic N) is 1. The van der Waals surface area contributed by atoms with Gasteiger partial charge >= 0.3 is 0 Å². The van der Waals surface area contributed by atoms with Crippen molar-refractivity contribution >= 4 is 45.0 Å². The molecule has 0 spiro atoms. The highest BCUT2D eigenvalue weighted by Crippen LogP contribution is 2.66. The first-order chi connectivity index (χ1) is 15.4. The Morgan fingerprint density at radius 3 is 2.00 bits per heavy atom. The van der Waals surface area contributed by atoms with Gasteiger partial charge in [-0.3, -0.25) is 14.4 Å². The van der Waals surface area contributed by atoms with Crippen LogP contribution >= 0.6 is 15.9 Å². The highest BCUT2D eigenvalue weighted by Gasteiger charge is 2.67. The van der Waals surface area contributed by atoms with E-state index >= 15 is 0 Å². The van der Waals surface area contributed by atoms with Gasteiger partial charge < -0.3 is 5.32 Å². The van der Waals surface area contributed by atoms with Crippen molar-refractivity contribution in [1.82, 2.24) is 0 Å². The maximum absolute atomic E-state index is 13.8. The van der Waals surface area contributed by atoms with E-state index in [1.165, 1.54) is 11.8 Å². The van der Waals surface area contributed by atoms with Crippen LogP contribution in [0, 0.1) is 11.8 Å². The van der Waals surface area contributed by atoms with Crippen LogP contribution in [0.15, 0.2) is 72.8 Å². The number of imide groups is 1. The number of alkyl halides is 1. The summed E-state index contributed by atoms with van der Waals surface area (Å²) < 4.78 is -0.753. The van der Waals surface area contributed by atoms with Gasteiger partial charge in [-0.1, -0.05) is 64.5 Å². The fourth-order valence-electron chi connectivity index (χ4n) is 5.83. The molecule has 32 heavy (non-hydrogen) atoms. The van der Waals surface area contributed by atoms with Gasteiger partial charge in [0, 0.05) is 18.5 Å². The molecule has 3 amide bonds. The van der Waals surface area contributed by atoms with E-state index in [1.54, 1.807) is 24.3 Å². The predicted molar refractivity (Wildman–Crippen MR) is 125 cm³/mol. The molecule has 1 N–H and O–H groups in total. The van der Waals surface area contributed by atoms with Crippen molar-refractivity contribution in [3.63, 3.8) is 0 Å². The van der Waals surface area contributed by atoms with Crippen LogP contribution < -0.4 is 10.2 Å². The number of benzene rings is 3. The topological polar surface area (TPSA) is 66.5 Å². The van der Waals surface area contributed by atoms with Crippen molar-refractivity contribution in [2.75, 3.05) is 10.2 Å². The molecule has 0 radical (unpaired) electrons. The highest BCUT2D eigenvalue weighted by atomic mass is 79.9. The van der Waals surface area contributed by atoms with Crippen LogP contribution in [0.4, 0.5) is 11.4 Å². The van der Waals surface area contributed by atoms with Gasteiger partial charge in [-0.15, -0.1) is 0 Å². The average Bonchev–Trinajstić information content (AvgIpc) is 3.06. The number of hydrogen-bond acceptors (Lipinski definition) is 3. The van der Waals surface area contributed by atoms with Crippen LogP contribution in [0.25, 0.3) is 0 Å². The van der Waals surface area contributed by atoms with Crippen molar-refractivity contribution in [1.29, 1.82) is 0 Å². The summed E-state index contributed by atoms with van der Waals surface area (Å²) in [4.78, 5) is 40.3. The van der Waals surface area contributed by atoms with Crippen molar-refractivity contribution < 1.29 is 14.4 Å². The summed E-state index contributed by atoms with van der Waals surface area (Å²) in [6, 6.07) is 23.1. The average molecular weight is 487 g/mol. The van der Waals surface area contributed by atoms with Crippen molar-refractivity contribution in [2.45, 2.75) is 17.2 Å².